The van der Waals surface area contributed by atoms with Crippen LogP contribution in [0.25, 0.3) is 0 Å². The van der Waals surface area contributed by atoms with E-state index in [0.29, 0.717) is 11.7 Å². The highest BCUT2D eigenvalue weighted by Crippen LogP contribution is 2.28. The Balaban J connectivity index is 1.88. The molecule has 106 valence electrons. The minimum Gasteiger partial charge on any atom is -0.450 e. The van der Waals surface area contributed by atoms with Gasteiger partial charge in [0.25, 0.3) is 0 Å². The Labute approximate surface area is 125 Å². The molecule has 0 unspecified atom stereocenters. The molecule has 0 aliphatic heterocycles. The first-order valence-corrected chi connectivity index (χ1v) is 7.93. The van der Waals surface area contributed by atoms with E-state index in [-0.39, 0.29) is 0 Å². The molecule has 0 saturated heterocycles. The van der Waals surface area contributed by atoms with Gasteiger partial charge in [-0.3, -0.25) is 5.32 Å². The van der Waals surface area contributed by atoms with Gasteiger partial charge in [-0.05, 0) is 19.4 Å². The van der Waals surface area contributed by atoms with Crippen LogP contribution in [0.15, 0.2) is 28.6 Å². The van der Waals surface area contributed by atoms with Gasteiger partial charge in [-0.25, -0.2) is 4.79 Å². The summed E-state index contributed by atoms with van der Waals surface area (Å²) in [6.45, 7) is 4.16. The lowest BCUT2D eigenvalue weighted by Crippen LogP contribution is -2.12. The molecule has 0 saturated carbocycles. The topological polar surface area (TPSA) is 64.1 Å². The van der Waals surface area contributed by atoms with Gasteiger partial charge in [0.05, 0.1) is 6.61 Å². The zero-order valence-corrected chi connectivity index (χ0v) is 12.9. The van der Waals surface area contributed by atoms with Crippen molar-refractivity contribution >= 4 is 34.3 Å². The van der Waals surface area contributed by atoms with Crippen molar-refractivity contribution in [2.75, 3.05) is 11.9 Å². The first-order chi connectivity index (χ1) is 9.67. The molecule has 1 aromatic carbocycles. The second-order valence-corrected chi connectivity index (χ2v) is 6.20. The molecule has 7 heteroatoms. The molecule has 0 spiro atoms. The summed E-state index contributed by atoms with van der Waals surface area (Å²) in [7, 11) is 0. The number of amides is 1. The number of benzene rings is 1. The number of thioether (sulfide) groups is 1. The lowest BCUT2D eigenvalue weighted by Gasteiger charge is -2.00. The summed E-state index contributed by atoms with van der Waals surface area (Å²) in [4.78, 5) is 11.2. The number of aryl methyl sites for hydroxylation is 1. The summed E-state index contributed by atoms with van der Waals surface area (Å²) in [5.74, 6) is 0.829. The number of carbonyl (C=O) groups excluding carboxylic acids is 1. The molecule has 1 heterocycles. The third-order valence-corrected chi connectivity index (χ3v) is 4.38. The molecular weight excluding hydrogens is 294 g/mol. The molecule has 0 aliphatic rings. The molecule has 1 N–H and O–H groups in total. The molecular formula is C13H15N3O2S2. The number of rotatable bonds is 5. The van der Waals surface area contributed by atoms with E-state index in [2.05, 4.69) is 40.6 Å². The number of anilines is 1. The van der Waals surface area contributed by atoms with E-state index in [4.69, 9.17) is 4.74 Å². The molecule has 0 fully saturated rings. The smallest absolute Gasteiger partial charge is 0.413 e. The maximum absolute atomic E-state index is 11.2. The van der Waals surface area contributed by atoms with Gasteiger partial charge in [-0.15, -0.1) is 10.2 Å². The van der Waals surface area contributed by atoms with Gasteiger partial charge in [0.1, 0.15) is 0 Å². The maximum Gasteiger partial charge on any atom is 0.413 e. The van der Waals surface area contributed by atoms with Crippen molar-refractivity contribution in [2.45, 2.75) is 23.9 Å². The molecule has 1 aromatic heterocycles. The fraction of sp³-hybridized carbons (Fsp3) is 0.308. The van der Waals surface area contributed by atoms with Crippen LogP contribution in [0.1, 0.15) is 18.1 Å². The average molecular weight is 309 g/mol. The number of hydrogen-bond donors (Lipinski definition) is 1. The highest BCUT2D eigenvalue weighted by atomic mass is 32.2. The van der Waals surface area contributed by atoms with Crippen molar-refractivity contribution in [3.63, 3.8) is 0 Å². The van der Waals surface area contributed by atoms with E-state index in [9.17, 15) is 4.79 Å². The maximum atomic E-state index is 11.2. The summed E-state index contributed by atoms with van der Waals surface area (Å²) in [5, 5.41) is 10.9. The van der Waals surface area contributed by atoms with Crippen LogP contribution in [-0.2, 0) is 10.5 Å². The van der Waals surface area contributed by atoms with Crippen LogP contribution >= 0.6 is 23.1 Å². The van der Waals surface area contributed by atoms with Crippen molar-refractivity contribution < 1.29 is 9.53 Å². The zero-order valence-electron chi connectivity index (χ0n) is 11.3. The Hall–Kier alpha value is -1.60. The summed E-state index contributed by atoms with van der Waals surface area (Å²) in [6, 6.07) is 8.34. The second kappa shape index (κ2) is 7.25. The number of hydrogen-bond acceptors (Lipinski definition) is 6. The number of aromatic nitrogens is 2. The highest BCUT2D eigenvalue weighted by Gasteiger charge is 2.09. The Bertz CT molecular complexity index is 587. The standard InChI is InChI=1S/C13H15N3O2S2/c1-3-18-12(17)14-11-15-16-13(20-11)19-8-10-6-4-5-9(2)7-10/h4-7H,3,8H2,1-2H3,(H,14,15,17). The molecule has 0 bridgehead atoms. The molecule has 0 aliphatic carbocycles. The van der Waals surface area contributed by atoms with Crippen molar-refractivity contribution in [3.8, 4) is 0 Å². The third kappa shape index (κ3) is 4.50. The van der Waals surface area contributed by atoms with Crippen molar-refractivity contribution in [1.29, 1.82) is 0 Å². The van der Waals surface area contributed by atoms with Crippen LogP contribution in [0, 0.1) is 6.92 Å². The highest BCUT2D eigenvalue weighted by molar-refractivity contribution is 8.00. The van der Waals surface area contributed by atoms with E-state index in [1.54, 1.807) is 18.7 Å². The van der Waals surface area contributed by atoms with Crippen molar-refractivity contribution in [2.24, 2.45) is 0 Å². The second-order valence-electron chi connectivity index (χ2n) is 4.00. The molecule has 2 rings (SSSR count). The van der Waals surface area contributed by atoms with Crippen molar-refractivity contribution in [1.82, 2.24) is 10.2 Å². The van der Waals surface area contributed by atoms with Gasteiger partial charge < -0.3 is 4.74 Å². The van der Waals surface area contributed by atoms with Crippen LogP contribution in [-0.4, -0.2) is 22.9 Å². The van der Waals surface area contributed by atoms with Crippen LogP contribution in [0.2, 0.25) is 0 Å². The molecule has 1 amide bonds. The monoisotopic (exact) mass is 309 g/mol. The number of nitrogens with zero attached hydrogens (tertiary/aromatic N) is 2. The Morgan fingerprint density at radius 2 is 2.30 bits per heavy atom. The lowest BCUT2D eigenvalue weighted by molar-refractivity contribution is 0.168. The SMILES string of the molecule is CCOC(=O)Nc1nnc(SCc2cccc(C)c2)s1. The van der Waals surface area contributed by atoms with Crippen LogP contribution in [0.3, 0.4) is 0 Å². The first-order valence-electron chi connectivity index (χ1n) is 6.13. The van der Waals surface area contributed by atoms with Crippen molar-refractivity contribution in [3.05, 3.63) is 35.4 Å². The van der Waals surface area contributed by atoms with Crippen LogP contribution < -0.4 is 5.32 Å². The van der Waals surface area contributed by atoms with Gasteiger partial charge in [-0.2, -0.15) is 0 Å². The van der Waals surface area contributed by atoms with E-state index >= 15 is 0 Å². The van der Waals surface area contributed by atoms with E-state index < -0.39 is 6.09 Å². The summed E-state index contributed by atoms with van der Waals surface area (Å²) < 4.78 is 5.60. The predicted octanol–water partition coefficient (Wildman–Crippen LogP) is 3.71. The van der Waals surface area contributed by atoms with E-state index in [1.807, 2.05) is 6.07 Å². The Morgan fingerprint density at radius 3 is 3.05 bits per heavy atom. The number of ether oxygens (including phenoxy) is 1. The predicted molar refractivity (Wildman–Crippen MR) is 81.3 cm³/mol. The van der Waals surface area contributed by atoms with Gasteiger partial charge in [-0.1, -0.05) is 52.9 Å². The molecule has 0 atom stereocenters. The van der Waals surface area contributed by atoms with E-state index in [0.717, 1.165) is 10.1 Å². The molecule has 5 nitrogen and oxygen atoms in total. The van der Waals surface area contributed by atoms with Gasteiger partial charge in [0, 0.05) is 5.75 Å². The number of carbonyl (C=O) groups is 1. The van der Waals surface area contributed by atoms with Gasteiger partial charge in [0.2, 0.25) is 5.13 Å². The summed E-state index contributed by atoms with van der Waals surface area (Å²) >= 11 is 2.94. The Morgan fingerprint density at radius 1 is 1.45 bits per heavy atom. The zero-order chi connectivity index (χ0) is 14.4. The summed E-state index contributed by atoms with van der Waals surface area (Å²) in [6.07, 6.45) is -0.501. The first kappa shape index (κ1) is 14.8. The minimum atomic E-state index is -0.501. The van der Waals surface area contributed by atoms with Gasteiger partial charge in [0.15, 0.2) is 4.34 Å². The van der Waals surface area contributed by atoms with E-state index in [1.165, 1.54) is 22.5 Å². The van der Waals surface area contributed by atoms with Crippen LogP contribution in [0.5, 0.6) is 0 Å². The molecule has 2 aromatic rings. The van der Waals surface area contributed by atoms with Crippen LogP contribution in [0.4, 0.5) is 9.93 Å². The number of nitrogens with one attached hydrogen (secondary N) is 1. The average Bonchev–Trinajstić information content (AvgIpc) is 2.84. The Kier molecular flexibility index (Phi) is 5.37. The fourth-order valence-corrected chi connectivity index (χ4v) is 3.20. The largest absolute Gasteiger partial charge is 0.450 e. The molecule has 20 heavy (non-hydrogen) atoms. The third-order valence-electron chi connectivity index (χ3n) is 2.34. The quantitative estimate of drug-likeness (QED) is 0.674. The fourth-order valence-electron chi connectivity index (χ4n) is 1.52. The molecule has 0 radical (unpaired) electrons. The van der Waals surface area contributed by atoms with Gasteiger partial charge >= 0.3 is 6.09 Å². The normalized spacial score (nSPS) is 10.3. The summed E-state index contributed by atoms with van der Waals surface area (Å²) in [5.41, 5.74) is 2.48. The lowest BCUT2D eigenvalue weighted by atomic mass is 10.2. The minimum absolute atomic E-state index is 0.333.